The number of likely N-dealkylation sites (tertiary alicyclic amines) is 1. The Kier molecular flexibility index (Phi) is 7.73. The normalized spacial score (nSPS) is 17.4. The molecule has 180 valence electrons. The third-order valence-corrected chi connectivity index (χ3v) is 6.15. The number of ketones is 1. The standard InChI is InChI=1S/C26H30N2O6/c1-5-27(6-2)13-14-28-22(17-8-10-18(11-9-17)26(33)34-4)21(24(31)25(28)32)23(30)19-15-16(3)7-12-20(19)29/h7-12,15,22,29-30H,5-6,13-14H2,1-4H3/t22-/m0/s1. The quantitative estimate of drug-likeness (QED) is 0.266. The van der Waals surface area contributed by atoms with Crippen molar-refractivity contribution in [2.45, 2.75) is 26.8 Å². The van der Waals surface area contributed by atoms with Crippen molar-refractivity contribution >= 4 is 23.4 Å². The van der Waals surface area contributed by atoms with Gasteiger partial charge in [-0.2, -0.15) is 0 Å². The Morgan fingerprint density at radius 1 is 1.09 bits per heavy atom. The fourth-order valence-electron chi connectivity index (χ4n) is 4.15. The first kappa shape index (κ1) is 25.0. The number of hydrogen-bond acceptors (Lipinski definition) is 7. The highest BCUT2D eigenvalue weighted by molar-refractivity contribution is 6.46. The molecule has 1 atom stereocenters. The Bertz CT molecular complexity index is 1120. The molecular formula is C26H30N2O6. The highest BCUT2D eigenvalue weighted by Gasteiger charge is 2.46. The van der Waals surface area contributed by atoms with Gasteiger partial charge in [-0.3, -0.25) is 9.59 Å². The van der Waals surface area contributed by atoms with Crippen molar-refractivity contribution in [3.05, 3.63) is 70.3 Å². The number of esters is 1. The number of aryl methyl sites for hydroxylation is 1. The van der Waals surface area contributed by atoms with E-state index in [0.29, 0.717) is 17.7 Å². The number of aliphatic hydroxyl groups excluding tert-OH is 1. The van der Waals surface area contributed by atoms with Gasteiger partial charge in [0.2, 0.25) is 0 Å². The minimum atomic E-state index is -0.873. The summed E-state index contributed by atoms with van der Waals surface area (Å²) in [4.78, 5) is 41.6. The zero-order valence-electron chi connectivity index (χ0n) is 19.9. The number of carbonyl (C=O) groups is 3. The van der Waals surface area contributed by atoms with Crippen LogP contribution in [0.3, 0.4) is 0 Å². The maximum Gasteiger partial charge on any atom is 0.337 e. The van der Waals surface area contributed by atoms with Crippen LogP contribution in [0.15, 0.2) is 48.0 Å². The molecular weight excluding hydrogens is 436 g/mol. The number of phenols is 1. The van der Waals surface area contributed by atoms with E-state index in [4.69, 9.17) is 4.74 Å². The smallest absolute Gasteiger partial charge is 0.337 e. The van der Waals surface area contributed by atoms with Crippen LogP contribution in [0.25, 0.3) is 5.76 Å². The van der Waals surface area contributed by atoms with Crippen LogP contribution in [-0.4, -0.2) is 71.0 Å². The number of carbonyl (C=O) groups excluding carboxylic acids is 3. The van der Waals surface area contributed by atoms with Gasteiger partial charge in [-0.1, -0.05) is 37.6 Å². The first-order valence-corrected chi connectivity index (χ1v) is 11.2. The number of nitrogens with zero attached hydrogens (tertiary/aromatic N) is 2. The van der Waals surface area contributed by atoms with E-state index in [1.54, 1.807) is 43.3 Å². The number of methoxy groups -OCH3 is 1. The van der Waals surface area contributed by atoms with Gasteiger partial charge in [0.1, 0.15) is 11.5 Å². The number of phenolic OH excluding ortho intramolecular Hbond substituents is 1. The summed E-state index contributed by atoms with van der Waals surface area (Å²) in [5.74, 6) is -2.68. The molecule has 8 heteroatoms. The van der Waals surface area contributed by atoms with Crippen molar-refractivity contribution in [3.63, 3.8) is 0 Å². The number of amides is 1. The van der Waals surface area contributed by atoms with Gasteiger partial charge in [0.05, 0.1) is 29.9 Å². The zero-order valence-corrected chi connectivity index (χ0v) is 19.9. The third kappa shape index (κ3) is 4.82. The molecule has 8 nitrogen and oxygen atoms in total. The minimum Gasteiger partial charge on any atom is -0.507 e. The van der Waals surface area contributed by atoms with Crippen LogP contribution in [-0.2, 0) is 14.3 Å². The summed E-state index contributed by atoms with van der Waals surface area (Å²) >= 11 is 0. The summed E-state index contributed by atoms with van der Waals surface area (Å²) in [6.45, 7) is 8.22. The van der Waals surface area contributed by atoms with E-state index in [1.807, 2.05) is 13.8 Å². The van der Waals surface area contributed by atoms with Crippen LogP contribution in [0.2, 0.25) is 0 Å². The van der Waals surface area contributed by atoms with Crippen LogP contribution < -0.4 is 0 Å². The van der Waals surface area contributed by atoms with Crippen molar-refractivity contribution in [2.75, 3.05) is 33.3 Å². The molecule has 3 rings (SSSR count). The van der Waals surface area contributed by atoms with Crippen LogP contribution in [0.5, 0.6) is 5.75 Å². The molecule has 1 heterocycles. The number of aliphatic hydroxyl groups is 1. The third-order valence-electron chi connectivity index (χ3n) is 6.15. The van der Waals surface area contributed by atoms with Crippen LogP contribution in [0.1, 0.15) is 46.9 Å². The molecule has 0 unspecified atom stereocenters. The average Bonchev–Trinajstić information content (AvgIpc) is 3.10. The van der Waals surface area contributed by atoms with E-state index >= 15 is 0 Å². The molecule has 1 fully saturated rings. The molecule has 0 radical (unpaired) electrons. The maximum atomic E-state index is 13.1. The first-order valence-electron chi connectivity index (χ1n) is 11.2. The van der Waals surface area contributed by atoms with Gasteiger partial charge >= 0.3 is 5.97 Å². The molecule has 1 saturated heterocycles. The molecule has 0 bridgehead atoms. The average molecular weight is 467 g/mol. The lowest BCUT2D eigenvalue weighted by Crippen LogP contribution is -2.38. The Hall–Kier alpha value is -3.65. The molecule has 1 aliphatic heterocycles. The second-order valence-electron chi connectivity index (χ2n) is 8.15. The maximum absolute atomic E-state index is 13.1. The van der Waals surface area contributed by atoms with Crippen molar-refractivity contribution in [2.24, 2.45) is 0 Å². The molecule has 34 heavy (non-hydrogen) atoms. The number of likely N-dealkylation sites (N-methyl/N-ethyl adjacent to an activating group) is 1. The Labute approximate surface area is 199 Å². The van der Waals surface area contributed by atoms with Crippen molar-refractivity contribution in [1.29, 1.82) is 0 Å². The molecule has 0 saturated carbocycles. The summed E-state index contributed by atoms with van der Waals surface area (Å²) in [6, 6.07) is 10.2. The second kappa shape index (κ2) is 10.5. The van der Waals surface area contributed by atoms with Crippen LogP contribution in [0.4, 0.5) is 0 Å². The topological polar surface area (TPSA) is 107 Å². The summed E-state index contributed by atoms with van der Waals surface area (Å²) < 4.78 is 4.75. The van der Waals surface area contributed by atoms with Gasteiger partial charge in [-0.05, 0) is 49.8 Å². The van der Waals surface area contributed by atoms with E-state index in [0.717, 1.165) is 18.7 Å². The Morgan fingerprint density at radius 3 is 2.32 bits per heavy atom. The number of Topliss-reactive ketones (excluding diaryl/α,β-unsaturated/α-hetero) is 1. The number of rotatable bonds is 8. The lowest BCUT2D eigenvalue weighted by molar-refractivity contribution is -0.140. The fourth-order valence-corrected chi connectivity index (χ4v) is 4.15. The second-order valence-corrected chi connectivity index (χ2v) is 8.15. The molecule has 0 aromatic heterocycles. The Balaban J connectivity index is 2.14. The molecule has 2 aromatic carbocycles. The summed E-state index contributed by atoms with van der Waals surface area (Å²) in [7, 11) is 1.28. The van der Waals surface area contributed by atoms with Crippen LogP contribution >= 0.6 is 0 Å². The molecule has 0 spiro atoms. The molecule has 1 amide bonds. The zero-order chi connectivity index (χ0) is 25.0. The highest BCUT2D eigenvalue weighted by Crippen LogP contribution is 2.40. The van der Waals surface area contributed by atoms with Crippen molar-refractivity contribution < 1.29 is 29.3 Å². The largest absolute Gasteiger partial charge is 0.507 e. The number of benzene rings is 2. The predicted octanol–water partition coefficient (Wildman–Crippen LogP) is 3.25. The minimum absolute atomic E-state index is 0.0814. The van der Waals surface area contributed by atoms with E-state index in [2.05, 4.69) is 4.90 Å². The molecule has 2 N–H and O–H groups in total. The summed E-state index contributed by atoms with van der Waals surface area (Å²) in [5.41, 5.74) is 1.63. The lowest BCUT2D eigenvalue weighted by Gasteiger charge is -2.28. The number of ether oxygens (including phenoxy) is 1. The first-order chi connectivity index (χ1) is 16.2. The monoisotopic (exact) mass is 466 g/mol. The predicted molar refractivity (Wildman–Crippen MR) is 127 cm³/mol. The Morgan fingerprint density at radius 2 is 1.74 bits per heavy atom. The van der Waals surface area contributed by atoms with Gasteiger partial charge in [0, 0.05) is 13.1 Å². The highest BCUT2D eigenvalue weighted by atomic mass is 16.5. The van der Waals surface area contributed by atoms with Gasteiger partial charge in [0.25, 0.3) is 11.7 Å². The van der Waals surface area contributed by atoms with Crippen molar-refractivity contribution in [3.8, 4) is 5.75 Å². The van der Waals surface area contributed by atoms with E-state index < -0.39 is 29.5 Å². The molecule has 0 aliphatic carbocycles. The van der Waals surface area contributed by atoms with E-state index in [-0.39, 0.29) is 23.4 Å². The fraction of sp³-hybridized carbons (Fsp3) is 0.346. The van der Waals surface area contributed by atoms with Gasteiger partial charge in [-0.15, -0.1) is 0 Å². The van der Waals surface area contributed by atoms with Gasteiger partial charge in [0.15, 0.2) is 0 Å². The van der Waals surface area contributed by atoms with Gasteiger partial charge in [-0.25, -0.2) is 4.79 Å². The molecule has 2 aromatic rings. The summed E-state index contributed by atoms with van der Waals surface area (Å²) in [5, 5.41) is 21.5. The SMILES string of the molecule is CCN(CC)CCN1C(=O)C(=O)C(=C(O)c2cc(C)ccc2O)[C@@H]1c1ccc(C(=O)OC)cc1. The molecule has 1 aliphatic rings. The number of aromatic hydroxyl groups is 1. The van der Waals surface area contributed by atoms with E-state index in [1.165, 1.54) is 18.1 Å². The van der Waals surface area contributed by atoms with Gasteiger partial charge < -0.3 is 24.7 Å². The summed E-state index contributed by atoms with van der Waals surface area (Å²) in [6.07, 6.45) is 0. The van der Waals surface area contributed by atoms with Crippen molar-refractivity contribution in [1.82, 2.24) is 9.80 Å². The number of hydrogen-bond donors (Lipinski definition) is 2. The lowest BCUT2D eigenvalue weighted by atomic mass is 9.94. The van der Waals surface area contributed by atoms with Crippen LogP contribution in [0, 0.1) is 6.92 Å². The van der Waals surface area contributed by atoms with E-state index in [9.17, 15) is 24.6 Å².